The van der Waals surface area contributed by atoms with Crippen molar-refractivity contribution in [1.29, 1.82) is 0 Å². The minimum Gasteiger partial charge on any atom is -0.506 e. The average Bonchev–Trinajstić information content (AvgIpc) is 3.35. The van der Waals surface area contributed by atoms with Crippen LogP contribution >= 0.6 is 12.2 Å². The number of aromatic hydroxyl groups is 1. The third kappa shape index (κ3) is 3.68. The van der Waals surface area contributed by atoms with Crippen molar-refractivity contribution in [3.63, 3.8) is 0 Å². The highest BCUT2D eigenvalue weighted by molar-refractivity contribution is 7.80. The summed E-state index contributed by atoms with van der Waals surface area (Å²) in [7, 11) is 1.66. The summed E-state index contributed by atoms with van der Waals surface area (Å²) in [5.41, 5.74) is 5.81. The van der Waals surface area contributed by atoms with E-state index in [0.29, 0.717) is 5.11 Å². The van der Waals surface area contributed by atoms with Crippen molar-refractivity contribution in [2.24, 2.45) is 0 Å². The van der Waals surface area contributed by atoms with Crippen LogP contribution in [0, 0.1) is 13.8 Å². The van der Waals surface area contributed by atoms with Gasteiger partial charge in [0.25, 0.3) is 0 Å². The molecule has 0 amide bonds. The maximum Gasteiger partial charge on any atom is 0.174 e. The number of anilines is 1. The number of para-hydroxylation sites is 2. The van der Waals surface area contributed by atoms with Crippen LogP contribution in [0.15, 0.2) is 79.0 Å². The molecule has 6 nitrogen and oxygen atoms in total. The Morgan fingerprint density at radius 1 is 1.00 bits per heavy atom. The van der Waals surface area contributed by atoms with E-state index in [4.69, 9.17) is 17.0 Å². The van der Waals surface area contributed by atoms with Crippen LogP contribution in [0.2, 0.25) is 0 Å². The van der Waals surface area contributed by atoms with Gasteiger partial charge in [-0.25, -0.2) is 0 Å². The summed E-state index contributed by atoms with van der Waals surface area (Å²) in [6.45, 7) is 4.13. The van der Waals surface area contributed by atoms with E-state index < -0.39 is 0 Å². The van der Waals surface area contributed by atoms with Crippen LogP contribution < -0.4 is 15.0 Å². The average molecular weight is 471 g/mol. The number of hydrogen-bond donors (Lipinski definition) is 2. The minimum atomic E-state index is -0.144. The highest BCUT2D eigenvalue weighted by atomic mass is 32.1. The number of rotatable bonds is 5. The number of nitrogens with zero attached hydrogens (tertiary/aromatic N) is 3. The fraction of sp³-hybridized carbons (Fsp3) is 0.185. The summed E-state index contributed by atoms with van der Waals surface area (Å²) in [5.74, 6) is 1.03. The predicted molar refractivity (Wildman–Crippen MR) is 138 cm³/mol. The molecule has 0 aliphatic carbocycles. The number of methoxy groups -OCH3 is 1. The first-order chi connectivity index (χ1) is 16.5. The molecule has 2 N–H and O–H groups in total. The molecule has 2 aromatic carbocycles. The van der Waals surface area contributed by atoms with Gasteiger partial charge in [-0.1, -0.05) is 18.2 Å². The molecule has 4 aromatic rings. The van der Waals surface area contributed by atoms with E-state index >= 15 is 0 Å². The molecule has 1 saturated heterocycles. The van der Waals surface area contributed by atoms with Gasteiger partial charge in [-0.2, -0.15) is 0 Å². The molecule has 3 heterocycles. The first kappa shape index (κ1) is 22.0. The zero-order chi connectivity index (χ0) is 23.8. The van der Waals surface area contributed by atoms with Gasteiger partial charge < -0.3 is 24.6 Å². The second-order valence-corrected chi connectivity index (χ2v) is 8.73. The zero-order valence-corrected chi connectivity index (χ0v) is 20.1. The van der Waals surface area contributed by atoms with E-state index in [1.807, 2.05) is 60.7 Å². The molecule has 0 saturated carbocycles. The van der Waals surface area contributed by atoms with Crippen molar-refractivity contribution < 1.29 is 9.84 Å². The van der Waals surface area contributed by atoms with Crippen molar-refractivity contribution in [1.82, 2.24) is 14.9 Å². The largest absolute Gasteiger partial charge is 0.506 e. The number of pyridine rings is 1. The Morgan fingerprint density at radius 3 is 2.41 bits per heavy atom. The number of thiocarbonyl (C=S) groups is 1. The summed E-state index contributed by atoms with van der Waals surface area (Å²) in [5, 5.41) is 14.7. The lowest BCUT2D eigenvalue weighted by Crippen LogP contribution is -2.29. The first-order valence-corrected chi connectivity index (χ1v) is 11.5. The van der Waals surface area contributed by atoms with Crippen molar-refractivity contribution >= 4 is 23.0 Å². The van der Waals surface area contributed by atoms with Crippen molar-refractivity contribution in [2.45, 2.75) is 25.9 Å². The standard InChI is InChI=1S/C27H26N4O2S/c1-17-16-21(18(2)30(17)23-9-4-5-10-24(23)32)26-25(22-8-6-7-15-28-22)29-27(34)31(26)19-11-13-20(33-3)14-12-19/h4-16,25-26,32H,1-3H3,(H,29,34). The maximum absolute atomic E-state index is 10.6. The van der Waals surface area contributed by atoms with Crippen LogP contribution in [0.3, 0.4) is 0 Å². The molecule has 172 valence electrons. The van der Waals surface area contributed by atoms with Gasteiger partial charge in [-0.15, -0.1) is 0 Å². The van der Waals surface area contributed by atoms with Crippen molar-refractivity contribution in [3.05, 3.63) is 102 Å². The predicted octanol–water partition coefficient (Wildman–Crippen LogP) is 5.38. The third-order valence-corrected chi connectivity index (χ3v) is 6.67. The Morgan fingerprint density at radius 2 is 1.74 bits per heavy atom. The Balaban J connectivity index is 1.68. The van der Waals surface area contributed by atoms with E-state index in [-0.39, 0.29) is 17.8 Å². The second kappa shape index (κ2) is 8.83. The van der Waals surface area contributed by atoms with Gasteiger partial charge in [-0.05, 0) is 86.2 Å². The molecule has 1 fully saturated rings. The smallest absolute Gasteiger partial charge is 0.174 e. The van der Waals surface area contributed by atoms with Crippen LogP contribution in [0.4, 0.5) is 5.69 Å². The van der Waals surface area contributed by atoms with Crippen LogP contribution in [-0.2, 0) is 0 Å². The molecule has 2 unspecified atom stereocenters. The normalized spacial score (nSPS) is 17.6. The molecular formula is C27H26N4O2S. The molecule has 0 bridgehead atoms. The monoisotopic (exact) mass is 470 g/mol. The molecule has 0 radical (unpaired) electrons. The number of benzene rings is 2. The number of hydrogen-bond acceptors (Lipinski definition) is 4. The van der Waals surface area contributed by atoms with Crippen LogP contribution in [0.1, 0.15) is 34.7 Å². The lowest BCUT2D eigenvalue weighted by Gasteiger charge is -2.28. The zero-order valence-electron chi connectivity index (χ0n) is 19.3. The van der Waals surface area contributed by atoms with Gasteiger partial charge in [0.1, 0.15) is 11.5 Å². The summed E-state index contributed by atoms with van der Waals surface area (Å²) < 4.78 is 7.45. The fourth-order valence-corrected chi connectivity index (χ4v) is 5.15. The summed E-state index contributed by atoms with van der Waals surface area (Å²) in [6, 6.07) is 23.1. The summed E-state index contributed by atoms with van der Waals surface area (Å²) in [6.07, 6.45) is 1.80. The maximum atomic E-state index is 10.6. The fourth-order valence-electron chi connectivity index (χ4n) is 4.80. The summed E-state index contributed by atoms with van der Waals surface area (Å²) in [4.78, 5) is 6.79. The molecule has 7 heteroatoms. The lowest BCUT2D eigenvalue weighted by atomic mass is 9.96. The third-order valence-electron chi connectivity index (χ3n) is 6.36. The van der Waals surface area contributed by atoms with Crippen LogP contribution in [0.25, 0.3) is 5.69 Å². The van der Waals surface area contributed by atoms with E-state index in [2.05, 4.69) is 39.7 Å². The quantitative estimate of drug-likeness (QED) is 0.382. The van der Waals surface area contributed by atoms with E-state index in [1.54, 1.807) is 19.4 Å². The number of nitrogens with one attached hydrogen (secondary N) is 1. The number of ether oxygens (including phenoxy) is 1. The molecule has 34 heavy (non-hydrogen) atoms. The highest BCUT2D eigenvalue weighted by Crippen LogP contribution is 2.44. The highest BCUT2D eigenvalue weighted by Gasteiger charge is 2.42. The van der Waals surface area contributed by atoms with Gasteiger partial charge in [0.2, 0.25) is 0 Å². The molecule has 1 aliphatic rings. The molecule has 0 spiro atoms. The number of aromatic nitrogens is 2. The van der Waals surface area contributed by atoms with E-state index in [9.17, 15) is 5.11 Å². The first-order valence-electron chi connectivity index (χ1n) is 11.1. The minimum absolute atomic E-state index is 0.137. The number of phenolic OH excluding ortho intramolecular Hbond substituents is 1. The SMILES string of the molecule is COc1ccc(N2C(=S)NC(c3ccccn3)C2c2cc(C)n(-c3ccccc3O)c2C)cc1. The number of aryl methyl sites for hydroxylation is 1. The second-order valence-electron chi connectivity index (χ2n) is 8.35. The molecular weight excluding hydrogens is 444 g/mol. The topological polar surface area (TPSA) is 62.5 Å². The Labute approximate surface area is 204 Å². The van der Waals surface area contributed by atoms with Crippen LogP contribution in [-0.4, -0.2) is 26.9 Å². The Kier molecular flexibility index (Phi) is 5.71. The molecule has 1 aliphatic heterocycles. The van der Waals surface area contributed by atoms with Gasteiger partial charge in [0, 0.05) is 23.3 Å². The van der Waals surface area contributed by atoms with Crippen molar-refractivity contribution in [3.8, 4) is 17.2 Å². The summed E-state index contributed by atoms with van der Waals surface area (Å²) >= 11 is 5.84. The van der Waals surface area contributed by atoms with Gasteiger partial charge in [-0.3, -0.25) is 4.98 Å². The van der Waals surface area contributed by atoms with E-state index in [0.717, 1.165) is 39.8 Å². The molecule has 2 aromatic heterocycles. The Bertz CT molecular complexity index is 1330. The van der Waals surface area contributed by atoms with Gasteiger partial charge in [0.15, 0.2) is 5.11 Å². The van der Waals surface area contributed by atoms with Crippen LogP contribution in [0.5, 0.6) is 11.5 Å². The van der Waals surface area contributed by atoms with E-state index in [1.165, 1.54) is 0 Å². The lowest BCUT2D eigenvalue weighted by molar-refractivity contribution is 0.415. The van der Waals surface area contributed by atoms with Gasteiger partial charge in [0.05, 0.1) is 30.6 Å². The van der Waals surface area contributed by atoms with Gasteiger partial charge >= 0.3 is 0 Å². The van der Waals surface area contributed by atoms with Crippen molar-refractivity contribution in [2.75, 3.05) is 12.0 Å². The molecule has 2 atom stereocenters. The Hall–Kier alpha value is -3.84. The number of phenols is 1. The molecule has 5 rings (SSSR count).